The molecule has 0 aliphatic heterocycles. The third kappa shape index (κ3) is 4.89. The average Bonchev–Trinajstić information content (AvgIpc) is 2.33. The van der Waals surface area contributed by atoms with Crippen LogP contribution >= 0.6 is 0 Å². The molecule has 2 heteroatoms. The molecule has 0 aliphatic carbocycles. The van der Waals surface area contributed by atoms with Crippen molar-refractivity contribution in [2.24, 2.45) is 11.8 Å². The fraction of sp³-hybridized carbons (Fsp3) is 1.00. The van der Waals surface area contributed by atoms with Crippen LogP contribution in [0.5, 0.6) is 0 Å². The lowest BCUT2D eigenvalue weighted by Gasteiger charge is -2.33. The zero-order valence-electron chi connectivity index (χ0n) is 13.3. The molecule has 0 aromatic rings. The van der Waals surface area contributed by atoms with E-state index in [1.807, 2.05) is 0 Å². The Morgan fingerprint density at radius 1 is 0.722 bits per heavy atom. The molecular weight excluding hydrogens is 224 g/mol. The molecule has 2 N–H and O–H groups in total. The van der Waals surface area contributed by atoms with Gasteiger partial charge in [-0.2, -0.15) is 0 Å². The van der Waals surface area contributed by atoms with E-state index >= 15 is 0 Å². The van der Waals surface area contributed by atoms with Crippen LogP contribution in [0.3, 0.4) is 0 Å². The minimum absolute atomic E-state index is 0.303. The third-order valence-corrected chi connectivity index (χ3v) is 4.84. The fourth-order valence-electron chi connectivity index (χ4n) is 2.61. The lowest BCUT2D eigenvalue weighted by atomic mass is 9.80. The Morgan fingerprint density at radius 3 is 1.17 bits per heavy atom. The molecule has 0 aromatic heterocycles. The summed E-state index contributed by atoms with van der Waals surface area (Å²) in [5.74, 6) is 0.607. The molecule has 2 nitrogen and oxygen atoms in total. The lowest BCUT2D eigenvalue weighted by Crippen LogP contribution is -2.35. The number of hydrogen-bond donors (Lipinski definition) is 2. The average molecular weight is 258 g/mol. The minimum atomic E-state index is -0.526. The quantitative estimate of drug-likeness (QED) is 0.610. The van der Waals surface area contributed by atoms with Crippen molar-refractivity contribution >= 4 is 0 Å². The summed E-state index contributed by atoms with van der Waals surface area (Å²) >= 11 is 0. The molecule has 0 saturated carbocycles. The second kappa shape index (κ2) is 7.49. The molecular formula is C16H34O2. The molecule has 0 aliphatic rings. The van der Waals surface area contributed by atoms with Crippen molar-refractivity contribution < 1.29 is 10.2 Å². The molecule has 0 rings (SSSR count). The highest BCUT2D eigenvalue weighted by Crippen LogP contribution is 2.30. The number of unbranched alkanes of at least 4 members (excludes halogenated alkanes) is 1. The highest BCUT2D eigenvalue weighted by atomic mass is 16.3. The van der Waals surface area contributed by atoms with E-state index in [4.69, 9.17) is 0 Å². The van der Waals surface area contributed by atoms with Gasteiger partial charge in [-0.15, -0.1) is 0 Å². The summed E-state index contributed by atoms with van der Waals surface area (Å²) in [5.41, 5.74) is -1.05. The predicted molar refractivity (Wildman–Crippen MR) is 78.6 cm³/mol. The summed E-state index contributed by atoms with van der Waals surface area (Å²) in [5, 5.41) is 20.9. The van der Waals surface area contributed by atoms with Crippen LogP contribution in [0.4, 0.5) is 0 Å². The van der Waals surface area contributed by atoms with Gasteiger partial charge in [0.25, 0.3) is 0 Å². The SMILES string of the molecule is CCC(O)(CCCCC(O)(CC)C(C)C)C(C)C. The van der Waals surface area contributed by atoms with Crippen LogP contribution in [0, 0.1) is 11.8 Å². The molecule has 0 saturated heterocycles. The summed E-state index contributed by atoms with van der Waals surface area (Å²) in [7, 11) is 0. The van der Waals surface area contributed by atoms with Crippen LogP contribution in [0.15, 0.2) is 0 Å². The van der Waals surface area contributed by atoms with Gasteiger partial charge in [-0.25, -0.2) is 0 Å². The summed E-state index contributed by atoms with van der Waals surface area (Å²) in [6, 6.07) is 0. The highest BCUT2D eigenvalue weighted by Gasteiger charge is 2.30. The van der Waals surface area contributed by atoms with E-state index in [0.29, 0.717) is 11.8 Å². The Kier molecular flexibility index (Phi) is 7.46. The molecule has 0 bridgehead atoms. The van der Waals surface area contributed by atoms with E-state index in [-0.39, 0.29) is 0 Å². The molecule has 0 fully saturated rings. The van der Waals surface area contributed by atoms with Gasteiger partial charge in [0.1, 0.15) is 0 Å². The van der Waals surface area contributed by atoms with Crippen molar-refractivity contribution in [1.82, 2.24) is 0 Å². The molecule has 0 radical (unpaired) electrons. The Bertz CT molecular complexity index is 201. The van der Waals surface area contributed by atoms with Gasteiger partial charge in [0.2, 0.25) is 0 Å². The van der Waals surface area contributed by atoms with Gasteiger partial charge >= 0.3 is 0 Å². The van der Waals surface area contributed by atoms with Crippen molar-refractivity contribution in [3.63, 3.8) is 0 Å². The zero-order valence-corrected chi connectivity index (χ0v) is 13.3. The Hall–Kier alpha value is -0.0800. The van der Waals surface area contributed by atoms with Crippen LogP contribution in [0.1, 0.15) is 80.1 Å². The summed E-state index contributed by atoms with van der Waals surface area (Å²) < 4.78 is 0. The van der Waals surface area contributed by atoms with E-state index in [2.05, 4.69) is 41.5 Å². The van der Waals surface area contributed by atoms with Crippen LogP contribution in [-0.4, -0.2) is 21.4 Å². The van der Waals surface area contributed by atoms with Crippen molar-refractivity contribution in [2.75, 3.05) is 0 Å². The standard InChI is InChI=1S/C16H34O2/c1-7-15(17,13(3)4)11-9-10-12-16(18,8-2)14(5)6/h13-14,17-18H,7-12H2,1-6H3. The Labute approximate surface area is 114 Å². The monoisotopic (exact) mass is 258 g/mol. The molecule has 18 heavy (non-hydrogen) atoms. The number of hydrogen-bond acceptors (Lipinski definition) is 2. The maximum absolute atomic E-state index is 10.4. The largest absolute Gasteiger partial charge is 0.390 e. The van der Waals surface area contributed by atoms with E-state index in [1.165, 1.54) is 0 Å². The predicted octanol–water partition coefficient (Wildman–Crippen LogP) is 4.14. The first-order chi connectivity index (χ1) is 8.22. The first-order valence-corrected chi connectivity index (χ1v) is 7.66. The maximum atomic E-state index is 10.4. The Morgan fingerprint density at radius 2 is 1.00 bits per heavy atom. The van der Waals surface area contributed by atoms with Gasteiger partial charge < -0.3 is 10.2 Å². The molecule has 2 unspecified atom stereocenters. The molecule has 0 spiro atoms. The van der Waals surface area contributed by atoms with Gasteiger partial charge in [0.15, 0.2) is 0 Å². The zero-order chi connectivity index (χ0) is 14.4. The maximum Gasteiger partial charge on any atom is 0.0668 e. The van der Waals surface area contributed by atoms with Gasteiger partial charge in [0.05, 0.1) is 11.2 Å². The highest BCUT2D eigenvalue weighted by molar-refractivity contribution is 4.83. The molecule has 0 heterocycles. The van der Waals surface area contributed by atoms with Gasteiger partial charge in [-0.05, 0) is 37.5 Å². The molecule has 0 amide bonds. The van der Waals surface area contributed by atoms with Crippen molar-refractivity contribution in [2.45, 2.75) is 91.3 Å². The molecule has 0 aromatic carbocycles. The summed E-state index contributed by atoms with van der Waals surface area (Å²) in [6.07, 6.45) is 5.31. The second-order valence-corrected chi connectivity index (χ2v) is 6.43. The normalized spacial score (nSPS) is 19.0. The number of rotatable bonds is 9. The van der Waals surface area contributed by atoms with Crippen molar-refractivity contribution in [3.8, 4) is 0 Å². The smallest absolute Gasteiger partial charge is 0.0668 e. The van der Waals surface area contributed by atoms with Gasteiger partial charge in [-0.3, -0.25) is 0 Å². The molecule has 110 valence electrons. The minimum Gasteiger partial charge on any atom is -0.390 e. The molecule has 2 atom stereocenters. The fourth-order valence-corrected chi connectivity index (χ4v) is 2.61. The lowest BCUT2D eigenvalue weighted by molar-refractivity contribution is -0.0311. The Balaban J connectivity index is 4.13. The first kappa shape index (κ1) is 17.9. The summed E-state index contributed by atoms with van der Waals surface area (Å²) in [4.78, 5) is 0. The van der Waals surface area contributed by atoms with E-state index in [1.54, 1.807) is 0 Å². The topological polar surface area (TPSA) is 40.5 Å². The van der Waals surface area contributed by atoms with Gasteiger partial charge in [0, 0.05) is 0 Å². The first-order valence-electron chi connectivity index (χ1n) is 7.66. The van der Waals surface area contributed by atoms with Crippen molar-refractivity contribution in [3.05, 3.63) is 0 Å². The summed E-state index contributed by atoms with van der Waals surface area (Å²) in [6.45, 7) is 12.4. The van der Waals surface area contributed by atoms with Crippen molar-refractivity contribution in [1.29, 1.82) is 0 Å². The number of aliphatic hydroxyl groups is 2. The van der Waals surface area contributed by atoms with Crippen LogP contribution in [0.2, 0.25) is 0 Å². The second-order valence-electron chi connectivity index (χ2n) is 6.43. The van der Waals surface area contributed by atoms with Gasteiger partial charge in [-0.1, -0.05) is 54.4 Å². The van der Waals surface area contributed by atoms with Crippen LogP contribution in [0.25, 0.3) is 0 Å². The van der Waals surface area contributed by atoms with Crippen LogP contribution < -0.4 is 0 Å². The van der Waals surface area contributed by atoms with E-state index in [0.717, 1.165) is 38.5 Å². The van der Waals surface area contributed by atoms with E-state index < -0.39 is 11.2 Å². The van der Waals surface area contributed by atoms with Crippen LogP contribution in [-0.2, 0) is 0 Å². The van der Waals surface area contributed by atoms with E-state index in [9.17, 15) is 10.2 Å². The third-order valence-electron chi connectivity index (χ3n) is 4.84.